The molecule has 1 aromatic heterocycles. The predicted molar refractivity (Wildman–Crippen MR) is 133 cm³/mol. The van der Waals surface area contributed by atoms with Gasteiger partial charge in [-0.15, -0.1) is 0 Å². The number of phenolic OH excluding ortho intramolecular Hbond substituents is 2. The van der Waals surface area contributed by atoms with Crippen molar-refractivity contribution < 1.29 is 64.2 Å². The molecule has 14 heteroatoms. The normalized spacial score (nSPS) is 32.6. The standard InChI is InChI=1S/C26H28O14/c1-9-17(30)20(33)22(35)26(37-9)38-12-6-13(28)16-15(7-12)39-23(10-2-4-11(27)5-3-10)24(19(16)32)40-25-21(34)18(31)14(29)8-36-25/h2-7,9,14,17-18,20-22,25-31,33-35H,8H2,1H3/t9-,14+,17-,18+,20-,21+,22+,25-,26-/m0/s1. The Morgan fingerprint density at radius 2 is 1.50 bits per heavy atom. The van der Waals surface area contributed by atoms with Gasteiger partial charge in [0.25, 0.3) is 0 Å². The number of rotatable bonds is 5. The first-order valence-corrected chi connectivity index (χ1v) is 12.3. The number of benzene rings is 2. The maximum absolute atomic E-state index is 13.6. The molecule has 40 heavy (non-hydrogen) atoms. The fraction of sp³-hybridized carbons (Fsp3) is 0.423. The zero-order chi connectivity index (χ0) is 28.9. The van der Waals surface area contributed by atoms with Crippen LogP contribution in [0.15, 0.2) is 45.6 Å². The molecule has 3 aromatic rings. The van der Waals surface area contributed by atoms with Crippen LogP contribution in [0.5, 0.6) is 23.0 Å². The van der Waals surface area contributed by atoms with E-state index >= 15 is 0 Å². The molecule has 0 bridgehead atoms. The molecule has 5 rings (SSSR count). The zero-order valence-electron chi connectivity index (χ0n) is 20.9. The minimum atomic E-state index is -1.74. The lowest BCUT2D eigenvalue weighted by Crippen LogP contribution is -2.58. The third kappa shape index (κ3) is 5.07. The fourth-order valence-electron chi connectivity index (χ4n) is 4.48. The van der Waals surface area contributed by atoms with Gasteiger partial charge in [0.05, 0.1) is 12.7 Å². The minimum Gasteiger partial charge on any atom is -0.508 e. The highest BCUT2D eigenvalue weighted by molar-refractivity contribution is 5.88. The summed E-state index contributed by atoms with van der Waals surface area (Å²) in [5.41, 5.74) is -0.860. The Hall–Kier alpha value is -3.47. The Labute approximate surface area is 225 Å². The maximum atomic E-state index is 13.6. The van der Waals surface area contributed by atoms with Crippen LogP contribution in [0.1, 0.15) is 6.92 Å². The van der Waals surface area contributed by atoms with Crippen LogP contribution in [0.4, 0.5) is 0 Å². The topological polar surface area (TPSA) is 229 Å². The third-order valence-corrected chi connectivity index (χ3v) is 6.78. The van der Waals surface area contributed by atoms with Crippen molar-refractivity contribution in [3.05, 3.63) is 46.6 Å². The molecule has 2 fully saturated rings. The van der Waals surface area contributed by atoms with E-state index in [-0.39, 0.29) is 33.8 Å². The molecule has 0 amide bonds. The zero-order valence-corrected chi connectivity index (χ0v) is 20.9. The summed E-state index contributed by atoms with van der Waals surface area (Å²) in [7, 11) is 0. The Kier molecular flexibility index (Phi) is 7.60. The second kappa shape index (κ2) is 10.8. The van der Waals surface area contributed by atoms with Gasteiger partial charge in [-0.3, -0.25) is 4.79 Å². The van der Waals surface area contributed by atoms with E-state index in [9.17, 15) is 45.6 Å². The van der Waals surface area contributed by atoms with Crippen molar-refractivity contribution in [1.29, 1.82) is 0 Å². The van der Waals surface area contributed by atoms with Crippen LogP contribution in [-0.4, -0.2) is 103 Å². The van der Waals surface area contributed by atoms with Crippen molar-refractivity contribution in [2.75, 3.05) is 6.61 Å². The van der Waals surface area contributed by atoms with Crippen molar-refractivity contribution in [2.24, 2.45) is 0 Å². The Bertz CT molecular complexity index is 1420. The summed E-state index contributed by atoms with van der Waals surface area (Å²) in [4.78, 5) is 13.6. The summed E-state index contributed by atoms with van der Waals surface area (Å²) in [5, 5.41) is 80.5. The SMILES string of the molecule is C[C@@H]1O[C@@H](Oc2cc(O)c3c(=O)c(O[C@@H]4OC[C@@H](O)[C@@H](O)[C@H]4O)c(-c4ccc(O)cc4)oc3c2)[C@H](O)[C@@H](O)[C@H]1O. The van der Waals surface area contributed by atoms with Crippen LogP contribution in [0.25, 0.3) is 22.3 Å². The molecule has 14 nitrogen and oxygen atoms in total. The van der Waals surface area contributed by atoms with Gasteiger partial charge in [-0.1, -0.05) is 0 Å². The number of aromatic hydroxyl groups is 2. The number of hydrogen-bond acceptors (Lipinski definition) is 14. The summed E-state index contributed by atoms with van der Waals surface area (Å²) >= 11 is 0. The van der Waals surface area contributed by atoms with E-state index in [0.717, 1.165) is 6.07 Å². The van der Waals surface area contributed by atoms with Crippen LogP contribution in [0, 0.1) is 0 Å². The van der Waals surface area contributed by atoms with Crippen LogP contribution >= 0.6 is 0 Å². The first-order valence-electron chi connectivity index (χ1n) is 12.3. The van der Waals surface area contributed by atoms with E-state index in [1.807, 2.05) is 0 Å². The Morgan fingerprint density at radius 3 is 2.20 bits per heavy atom. The molecule has 2 saturated heterocycles. The monoisotopic (exact) mass is 564 g/mol. The second-order valence-corrected chi connectivity index (χ2v) is 9.62. The van der Waals surface area contributed by atoms with Crippen molar-refractivity contribution >= 4 is 11.0 Å². The molecule has 0 radical (unpaired) electrons. The summed E-state index contributed by atoms with van der Waals surface area (Å²) in [5.74, 6) is -1.54. The first kappa shape index (κ1) is 28.1. The van der Waals surface area contributed by atoms with Gasteiger partial charge in [0, 0.05) is 17.7 Å². The molecular formula is C26H28O14. The van der Waals surface area contributed by atoms with E-state index in [2.05, 4.69) is 0 Å². The van der Waals surface area contributed by atoms with E-state index in [1.165, 1.54) is 37.3 Å². The van der Waals surface area contributed by atoms with Gasteiger partial charge in [-0.25, -0.2) is 0 Å². The number of phenols is 2. The predicted octanol–water partition coefficient (Wildman–Crippen LogP) is -1.10. The van der Waals surface area contributed by atoms with Crippen molar-refractivity contribution in [3.63, 3.8) is 0 Å². The third-order valence-electron chi connectivity index (χ3n) is 6.78. The summed E-state index contributed by atoms with van der Waals surface area (Å²) < 4.78 is 27.9. The number of hydrogen-bond donors (Lipinski definition) is 8. The lowest BCUT2D eigenvalue weighted by atomic mass is 10.00. The molecule has 0 unspecified atom stereocenters. The molecule has 216 valence electrons. The smallest absolute Gasteiger partial charge is 0.239 e. The molecule has 8 N–H and O–H groups in total. The van der Waals surface area contributed by atoms with Gasteiger partial charge in [0.1, 0.15) is 64.8 Å². The average molecular weight is 564 g/mol. The molecule has 0 saturated carbocycles. The van der Waals surface area contributed by atoms with Crippen molar-refractivity contribution in [1.82, 2.24) is 0 Å². The number of ether oxygens (including phenoxy) is 4. The van der Waals surface area contributed by atoms with Crippen LogP contribution in [-0.2, 0) is 9.47 Å². The molecule has 2 aliphatic rings. The van der Waals surface area contributed by atoms with E-state index in [1.54, 1.807) is 0 Å². The van der Waals surface area contributed by atoms with Crippen LogP contribution < -0.4 is 14.9 Å². The highest BCUT2D eigenvalue weighted by Crippen LogP contribution is 2.38. The van der Waals surface area contributed by atoms with Gasteiger partial charge in [0.15, 0.2) is 5.76 Å². The quantitative estimate of drug-likeness (QED) is 0.184. The Balaban J connectivity index is 1.58. The highest BCUT2D eigenvalue weighted by atomic mass is 16.7. The number of fused-ring (bicyclic) bond motifs is 1. The van der Waals surface area contributed by atoms with Crippen LogP contribution in [0.2, 0.25) is 0 Å². The molecule has 2 aliphatic heterocycles. The largest absolute Gasteiger partial charge is 0.508 e. The van der Waals surface area contributed by atoms with Crippen molar-refractivity contribution in [3.8, 4) is 34.3 Å². The highest BCUT2D eigenvalue weighted by Gasteiger charge is 2.43. The van der Waals surface area contributed by atoms with Crippen molar-refractivity contribution in [2.45, 2.75) is 62.2 Å². The molecule has 9 atom stereocenters. The summed E-state index contributed by atoms with van der Waals surface area (Å²) in [6, 6.07) is 7.69. The Morgan fingerprint density at radius 1 is 0.825 bits per heavy atom. The molecular weight excluding hydrogens is 536 g/mol. The minimum absolute atomic E-state index is 0.0848. The average Bonchev–Trinajstić information content (AvgIpc) is 2.92. The van der Waals surface area contributed by atoms with E-state index in [0.29, 0.717) is 0 Å². The lowest BCUT2D eigenvalue weighted by Gasteiger charge is -2.38. The van der Waals surface area contributed by atoms with Gasteiger partial charge in [-0.2, -0.15) is 0 Å². The summed E-state index contributed by atoms with van der Waals surface area (Å²) in [6.45, 7) is 1.06. The lowest BCUT2D eigenvalue weighted by molar-refractivity contribution is -0.268. The summed E-state index contributed by atoms with van der Waals surface area (Å²) in [6.07, 6.45) is -13.3. The van der Waals surface area contributed by atoms with Gasteiger partial charge in [0.2, 0.25) is 23.8 Å². The van der Waals surface area contributed by atoms with E-state index in [4.69, 9.17) is 23.4 Å². The number of aliphatic hydroxyl groups is 6. The maximum Gasteiger partial charge on any atom is 0.239 e. The van der Waals surface area contributed by atoms with Crippen LogP contribution in [0.3, 0.4) is 0 Å². The molecule has 2 aromatic carbocycles. The van der Waals surface area contributed by atoms with Gasteiger partial charge in [-0.05, 0) is 31.2 Å². The molecule has 3 heterocycles. The molecule has 0 spiro atoms. The van der Waals surface area contributed by atoms with Gasteiger partial charge < -0.3 is 64.2 Å². The fourth-order valence-corrected chi connectivity index (χ4v) is 4.48. The second-order valence-electron chi connectivity index (χ2n) is 9.62. The van der Waals surface area contributed by atoms with E-state index < -0.39 is 78.8 Å². The first-order chi connectivity index (χ1) is 19.0. The van der Waals surface area contributed by atoms with Gasteiger partial charge >= 0.3 is 0 Å². The molecule has 0 aliphatic carbocycles. The number of aliphatic hydroxyl groups excluding tert-OH is 6.